The zero-order chi connectivity index (χ0) is 12.3. The first kappa shape index (κ1) is 13.3. The molecule has 3 nitrogen and oxygen atoms in total. The smallest absolute Gasteiger partial charge is 0.307 e. The van der Waals surface area contributed by atoms with E-state index in [1.165, 1.54) is 6.07 Å². The Morgan fingerprint density at radius 3 is 2.62 bits per heavy atom. The zero-order valence-corrected chi connectivity index (χ0v) is 10.2. The van der Waals surface area contributed by atoms with Gasteiger partial charge in [-0.15, -0.1) is 0 Å². The number of rotatable bonds is 4. The third kappa shape index (κ3) is 3.12. The average molecular weight is 315 g/mol. The van der Waals surface area contributed by atoms with E-state index in [2.05, 4.69) is 20.9 Å². The molecule has 0 aliphatic heterocycles. The maximum atomic E-state index is 12.5. The van der Waals surface area contributed by atoms with Crippen molar-refractivity contribution < 1.29 is 18.7 Å². The maximum absolute atomic E-state index is 12.5. The van der Waals surface area contributed by atoms with E-state index >= 15 is 0 Å². The molecule has 0 aromatic carbocycles. The Balaban J connectivity index is 3.20. The molecule has 1 rings (SSSR count). The van der Waals surface area contributed by atoms with Crippen LogP contribution in [0.3, 0.4) is 0 Å². The largest absolute Gasteiger partial charge is 0.481 e. The summed E-state index contributed by atoms with van der Waals surface area (Å²) in [6.45, 7) is 0. The van der Waals surface area contributed by atoms with Crippen LogP contribution in [0, 0.1) is 0 Å². The minimum Gasteiger partial charge on any atom is -0.481 e. The van der Waals surface area contributed by atoms with E-state index in [9.17, 15) is 13.6 Å². The predicted molar refractivity (Wildman–Crippen MR) is 58.2 cm³/mol. The third-order valence-electron chi connectivity index (χ3n) is 1.85. The van der Waals surface area contributed by atoms with E-state index in [0.29, 0.717) is 0 Å². The molecule has 1 aromatic rings. The number of carboxylic acids is 1. The summed E-state index contributed by atoms with van der Waals surface area (Å²) >= 11 is 8.66. The highest BCUT2D eigenvalue weighted by Crippen LogP contribution is 2.27. The molecule has 1 N–H and O–H groups in total. The molecule has 88 valence electrons. The van der Waals surface area contributed by atoms with Crippen molar-refractivity contribution in [1.29, 1.82) is 0 Å². The van der Waals surface area contributed by atoms with Gasteiger partial charge in [-0.2, -0.15) is 0 Å². The van der Waals surface area contributed by atoms with Crippen LogP contribution in [0.1, 0.15) is 23.2 Å². The Morgan fingerprint density at radius 1 is 1.56 bits per heavy atom. The first-order chi connectivity index (χ1) is 7.45. The molecule has 0 aliphatic carbocycles. The van der Waals surface area contributed by atoms with E-state index < -0.39 is 18.1 Å². The summed E-state index contributed by atoms with van der Waals surface area (Å²) in [6.07, 6.45) is -3.07. The van der Waals surface area contributed by atoms with Gasteiger partial charge < -0.3 is 5.11 Å². The fourth-order valence-corrected chi connectivity index (χ4v) is 1.84. The molecule has 0 radical (unpaired) electrons. The monoisotopic (exact) mass is 313 g/mol. The zero-order valence-electron chi connectivity index (χ0n) is 7.88. The Morgan fingerprint density at radius 2 is 2.19 bits per heavy atom. The van der Waals surface area contributed by atoms with Crippen molar-refractivity contribution in [2.45, 2.75) is 18.2 Å². The highest BCUT2D eigenvalue weighted by atomic mass is 79.9. The lowest BCUT2D eigenvalue weighted by molar-refractivity contribution is -0.136. The molecule has 0 unspecified atom stereocenters. The van der Waals surface area contributed by atoms with Gasteiger partial charge in [0.1, 0.15) is 10.8 Å². The van der Waals surface area contributed by atoms with Crippen molar-refractivity contribution in [2.24, 2.45) is 0 Å². The molecule has 0 spiro atoms. The van der Waals surface area contributed by atoms with Crippen molar-refractivity contribution in [3.63, 3.8) is 0 Å². The predicted octanol–water partition coefficient (Wildman–Crippen LogP) is 3.19. The van der Waals surface area contributed by atoms with Crippen LogP contribution in [-0.4, -0.2) is 16.1 Å². The molecule has 7 heteroatoms. The molecule has 0 saturated carbocycles. The summed E-state index contributed by atoms with van der Waals surface area (Å²) < 4.78 is 25.1. The van der Waals surface area contributed by atoms with Gasteiger partial charge in [0.15, 0.2) is 0 Å². The summed E-state index contributed by atoms with van der Waals surface area (Å²) in [6, 6.07) is 1.33. The minimum absolute atomic E-state index is 0.170. The molecule has 0 amide bonds. The van der Waals surface area contributed by atoms with E-state index in [4.69, 9.17) is 16.7 Å². The van der Waals surface area contributed by atoms with E-state index in [1.54, 1.807) is 0 Å². The SMILES string of the molecule is O=C(O)Cc1cc(CBr)c(C(F)F)nc1Cl. The van der Waals surface area contributed by atoms with Crippen LogP contribution in [0.2, 0.25) is 5.15 Å². The molecule has 1 heterocycles. The van der Waals surface area contributed by atoms with Gasteiger partial charge in [0.2, 0.25) is 0 Å². The van der Waals surface area contributed by atoms with Crippen molar-refractivity contribution >= 4 is 33.5 Å². The summed E-state index contributed by atoms with van der Waals surface area (Å²) in [5, 5.41) is 8.57. The Hall–Kier alpha value is -0.750. The lowest BCUT2D eigenvalue weighted by Crippen LogP contribution is -2.05. The third-order valence-corrected chi connectivity index (χ3v) is 2.78. The van der Waals surface area contributed by atoms with Gasteiger partial charge in [-0.3, -0.25) is 4.79 Å². The standard InChI is InChI=1S/C9H7BrClF2NO2/c10-3-5-1-4(2-6(15)16)8(11)14-7(5)9(12)13/h1,9H,2-3H2,(H,15,16). The molecule has 0 saturated heterocycles. The number of nitrogens with zero attached hydrogens (tertiary/aromatic N) is 1. The molecular formula is C9H7BrClF2NO2. The Bertz CT molecular complexity index is 415. The van der Waals surface area contributed by atoms with Crippen LogP contribution in [0.15, 0.2) is 6.07 Å². The summed E-state index contributed by atoms with van der Waals surface area (Å²) in [4.78, 5) is 14.0. The average Bonchev–Trinajstić information content (AvgIpc) is 2.19. The van der Waals surface area contributed by atoms with Gasteiger partial charge in [-0.05, 0) is 11.6 Å². The van der Waals surface area contributed by atoms with Gasteiger partial charge in [-0.25, -0.2) is 13.8 Å². The molecule has 0 atom stereocenters. The highest BCUT2D eigenvalue weighted by molar-refractivity contribution is 9.08. The lowest BCUT2D eigenvalue weighted by Gasteiger charge is -2.09. The molecular weight excluding hydrogens is 307 g/mol. The van der Waals surface area contributed by atoms with Gasteiger partial charge in [0.25, 0.3) is 6.43 Å². The highest BCUT2D eigenvalue weighted by Gasteiger charge is 2.18. The van der Waals surface area contributed by atoms with Crippen LogP contribution in [0.4, 0.5) is 8.78 Å². The lowest BCUT2D eigenvalue weighted by atomic mass is 10.1. The van der Waals surface area contributed by atoms with Crippen LogP contribution < -0.4 is 0 Å². The fourth-order valence-electron chi connectivity index (χ4n) is 1.18. The van der Waals surface area contributed by atoms with Gasteiger partial charge in [0.05, 0.1) is 6.42 Å². The number of carboxylic acid groups (broad SMARTS) is 1. The Kier molecular flexibility index (Phi) is 4.61. The van der Waals surface area contributed by atoms with Crippen LogP contribution in [0.25, 0.3) is 0 Å². The van der Waals surface area contributed by atoms with E-state index in [0.717, 1.165) is 0 Å². The van der Waals surface area contributed by atoms with Crippen molar-refractivity contribution in [3.05, 3.63) is 28.0 Å². The second-order valence-corrected chi connectivity index (χ2v) is 3.91. The molecule has 16 heavy (non-hydrogen) atoms. The molecule has 0 aliphatic rings. The van der Waals surface area contributed by atoms with Crippen LogP contribution in [0.5, 0.6) is 0 Å². The number of carbonyl (C=O) groups is 1. The number of halogens is 4. The summed E-state index contributed by atoms with van der Waals surface area (Å²) in [7, 11) is 0. The number of aliphatic carboxylic acids is 1. The van der Waals surface area contributed by atoms with Gasteiger partial charge in [0, 0.05) is 10.9 Å². The number of pyridine rings is 1. The number of hydrogen-bond donors (Lipinski definition) is 1. The second kappa shape index (κ2) is 5.54. The van der Waals surface area contributed by atoms with Gasteiger partial charge in [-0.1, -0.05) is 27.5 Å². The van der Waals surface area contributed by atoms with Gasteiger partial charge >= 0.3 is 5.97 Å². The van der Waals surface area contributed by atoms with Crippen molar-refractivity contribution in [3.8, 4) is 0 Å². The molecule has 0 fully saturated rings. The number of hydrogen-bond acceptors (Lipinski definition) is 2. The normalized spacial score (nSPS) is 10.8. The summed E-state index contributed by atoms with van der Waals surface area (Å²) in [5.74, 6) is -1.09. The number of aromatic nitrogens is 1. The Labute approximate surface area is 104 Å². The van der Waals surface area contributed by atoms with Crippen molar-refractivity contribution in [2.75, 3.05) is 0 Å². The molecule has 1 aromatic heterocycles. The van der Waals surface area contributed by atoms with Crippen molar-refractivity contribution in [1.82, 2.24) is 4.98 Å². The topological polar surface area (TPSA) is 50.2 Å². The summed E-state index contributed by atoms with van der Waals surface area (Å²) in [5.41, 5.74) is 0.0553. The maximum Gasteiger partial charge on any atom is 0.307 e. The molecule has 0 bridgehead atoms. The van der Waals surface area contributed by atoms with E-state index in [1.807, 2.05) is 0 Å². The first-order valence-corrected chi connectivity index (χ1v) is 5.69. The number of alkyl halides is 3. The van der Waals surface area contributed by atoms with Crippen LogP contribution >= 0.6 is 27.5 Å². The second-order valence-electron chi connectivity index (χ2n) is 2.99. The first-order valence-electron chi connectivity index (χ1n) is 4.19. The van der Waals surface area contributed by atoms with Crippen LogP contribution in [-0.2, 0) is 16.5 Å². The van der Waals surface area contributed by atoms with E-state index in [-0.39, 0.29) is 28.0 Å². The fraction of sp³-hybridized carbons (Fsp3) is 0.333. The minimum atomic E-state index is -2.73. The quantitative estimate of drug-likeness (QED) is 0.686.